The van der Waals surface area contributed by atoms with Crippen molar-refractivity contribution >= 4 is 16.9 Å². The van der Waals surface area contributed by atoms with E-state index in [0.29, 0.717) is 12.8 Å². The van der Waals surface area contributed by atoms with E-state index in [1.165, 1.54) is 0 Å². The van der Waals surface area contributed by atoms with Gasteiger partial charge < -0.3 is 10.3 Å². The minimum absolute atomic E-state index is 0.0179. The van der Waals surface area contributed by atoms with Crippen LogP contribution in [0, 0.1) is 0 Å². The van der Waals surface area contributed by atoms with Gasteiger partial charge >= 0.3 is 0 Å². The number of H-pyrrole nitrogens is 1. The van der Waals surface area contributed by atoms with E-state index in [-0.39, 0.29) is 11.9 Å². The third-order valence-corrected chi connectivity index (χ3v) is 3.70. The average Bonchev–Trinajstić information content (AvgIpc) is 2.96. The van der Waals surface area contributed by atoms with Crippen LogP contribution in [0.4, 0.5) is 0 Å². The molecule has 1 amide bonds. The number of imidazole rings is 1. The SMILES string of the molecule is C[C@H](NC(=O)CCc1nc2ccccc2[nH]1)c1ccccc1. The van der Waals surface area contributed by atoms with E-state index >= 15 is 0 Å². The van der Waals surface area contributed by atoms with E-state index in [4.69, 9.17) is 0 Å². The normalized spacial score (nSPS) is 12.2. The molecule has 1 atom stereocenters. The monoisotopic (exact) mass is 293 g/mol. The molecule has 0 unspecified atom stereocenters. The number of aromatic nitrogens is 2. The van der Waals surface area contributed by atoms with Crippen molar-refractivity contribution in [3.63, 3.8) is 0 Å². The van der Waals surface area contributed by atoms with Crippen LogP contribution in [0.3, 0.4) is 0 Å². The van der Waals surface area contributed by atoms with Crippen molar-refractivity contribution in [3.05, 3.63) is 66.0 Å². The molecule has 0 aliphatic rings. The highest BCUT2D eigenvalue weighted by molar-refractivity contribution is 5.77. The smallest absolute Gasteiger partial charge is 0.220 e. The molecule has 0 saturated carbocycles. The summed E-state index contributed by atoms with van der Waals surface area (Å²) in [5.41, 5.74) is 3.06. The van der Waals surface area contributed by atoms with Crippen molar-refractivity contribution in [2.45, 2.75) is 25.8 Å². The highest BCUT2D eigenvalue weighted by Crippen LogP contribution is 2.13. The number of hydrogen-bond acceptors (Lipinski definition) is 2. The number of fused-ring (bicyclic) bond motifs is 1. The molecule has 1 aromatic heterocycles. The summed E-state index contributed by atoms with van der Waals surface area (Å²) in [6, 6.07) is 17.9. The van der Waals surface area contributed by atoms with Gasteiger partial charge in [0.1, 0.15) is 5.82 Å². The van der Waals surface area contributed by atoms with Gasteiger partial charge in [0.25, 0.3) is 0 Å². The summed E-state index contributed by atoms with van der Waals surface area (Å²) in [6.45, 7) is 1.99. The second-order valence-corrected chi connectivity index (χ2v) is 5.40. The van der Waals surface area contributed by atoms with E-state index in [2.05, 4.69) is 15.3 Å². The first-order chi connectivity index (χ1) is 10.7. The van der Waals surface area contributed by atoms with E-state index in [1.807, 2.05) is 61.5 Å². The van der Waals surface area contributed by atoms with Crippen molar-refractivity contribution in [1.29, 1.82) is 0 Å². The number of carbonyl (C=O) groups excluding carboxylic acids is 1. The zero-order valence-electron chi connectivity index (χ0n) is 12.5. The molecular weight excluding hydrogens is 274 g/mol. The summed E-state index contributed by atoms with van der Waals surface area (Å²) in [4.78, 5) is 19.8. The summed E-state index contributed by atoms with van der Waals surface area (Å²) in [5.74, 6) is 0.889. The van der Waals surface area contributed by atoms with Crippen LogP contribution < -0.4 is 5.32 Å². The van der Waals surface area contributed by atoms with Gasteiger partial charge in [0.2, 0.25) is 5.91 Å². The lowest BCUT2D eigenvalue weighted by Crippen LogP contribution is -2.26. The van der Waals surface area contributed by atoms with Gasteiger partial charge in [-0.1, -0.05) is 42.5 Å². The molecule has 112 valence electrons. The molecule has 3 rings (SSSR count). The highest BCUT2D eigenvalue weighted by atomic mass is 16.1. The molecule has 22 heavy (non-hydrogen) atoms. The van der Waals surface area contributed by atoms with Crippen molar-refractivity contribution in [1.82, 2.24) is 15.3 Å². The standard InChI is InChI=1S/C18H19N3O/c1-13(14-7-3-2-4-8-14)19-18(22)12-11-17-20-15-9-5-6-10-16(15)21-17/h2-10,13H,11-12H2,1H3,(H,19,22)(H,20,21)/t13-/m0/s1. The van der Waals surface area contributed by atoms with Gasteiger partial charge in [-0.3, -0.25) is 4.79 Å². The van der Waals surface area contributed by atoms with Crippen molar-refractivity contribution in [2.75, 3.05) is 0 Å². The molecule has 0 fully saturated rings. The predicted molar refractivity (Wildman–Crippen MR) is 87.4 cm³/mol. The Balaban J connectivity index is 1.56. The molecule has 4 nitrogen and oxygen atoms in total. The first kappa shape index (κ1) is 14.3. The summed E-state index contributed by atoms with van der Waals surface area (Å²) in [7, 11) is 0. The molecule has 0 saturated heterocycles. The lowest BCUT2D eigenvalue weighted by atomic mass is 10.1. The second-order valence-electron chi connectivity index (χ2n) is 5.40. The zero-order chi connectivity index (χ0) is 15.4. The third-order valence-electron chi connectivity index (χ3n) is 3.70. The third kappa shape index (κ3) is 3.34. The number of carbonyl (C=O) groups is 1. The van der Waals surface area contributed by atoms with E-state index in [0.717, 1.165) is 22.4 Å². The second kappa shape index (κ2) is 6.43. The minimum atomic E-state index is 0.0179. The molecule has 3 aromatic rings. The summed E-state index contributed by atoms with van der Waals surface area (Å²) < 4.78 is 0. The van der Waals surface area contributed by atoms with Gasteiger partial charge in [-0.25, -0.2) is 4.98 Å². The number of aromatic amines is 1. The number of nitrogens with one attached hydrogen (secondary N) is 2. The van der Waals surface area contributed by atoms with Crippen LogP contribution in [0.1, 0.15) is 30.8 Å². The zero-order valence-corrected chi connectivity index (χ0v) is 12.5. The quantitative estimate of drug-likeness (QED) is 0.757. The Morgan fingerprint density at radius 1 is 1.14 bits per heavy atom. The Kier molecular flexibility index (Phi) is 4.19. The molecular formula is C18H19N3O. The summed E-state index contributed by atoms with van der Waals surface area (Å²) in [6.07, 6.45) is 1.04. The Hall–Kier alpha value is -2.62. The van der Waals surface area contributed by atoms with Gasteiger partial charge in [0.05, 0.1) is 17.1 Å². The van der Waals surface area contributed by atoms with Crippen LogP contribution in [0.25, 0.3) is 11.0 Å². The Morgan fingerprint density at radius 3 is 2.64 bits per heavy atom. The predicted octanol–water partition coefficient (Wildman–Crippen LogP) is 3.37. The van der Waals surface area contributed by atoms with Crippen molar-refractivity contribution < 1.29 is 4.79 Å². The average molecular weight is 293 g/mol. The lowest BCUT2D eigenvalue weighted by molar-refractivity contribution is -0.121. The largest absolute Gasteiger partial charge is 0.350 e. The Labute approximate surface area is 129 Å². The molecule has 0 aliphatic carbocycles. The minimum Gasteiger partial charge on any atom is -0.350 e. The molecule has 4 heteroatoms. The maximum Gasteiger partial charge on any atom is 0.220 e. The number of aryl methyl sites for hydroxylation is 1. The highest BCUT2D eigenvalue weighted by Gasteiger charge is 2.10. The number of benzene rings is 2. The molecule has 1 heterocycles. The molecule has 0 bridgehead atoms. The fraction of sp³-hybridized carbons (Fsp3) is 0.222. The molecule has 0 aliphatic heterocycles. The van der Waals surface area contributed by atoms with Gasteiger partial charge in [0.15, 0.2) is 0 Å². The summed E-state index contributed by atoms with van der Waals surface area (Å²) >= 11 is 0. The van der Waals surface area contributed by atoms with Gasteiger partial charge in [0, 0.05) is 12.8 Å². The lowest BCUT2D eigenvalue weighted by Gasteiger charge is -2.13. The fourth-order valence-corrected chi connectivity index (χ4v) is 2.49. The van der Waals surface area contributed by atoms with Gasteiger partial charge in [-0.15, -0.1) is 0 Å². The number of hydrogen-bond donors (Lipinski definition) is 2. The van der Waals surface area contributed by atoms with Crippen molar-refractivity contribution in [2.24, 2.45) is 0 Å². The maximum absolute atomic E-state index is 12.1. The van der Waals surface area contributed by atoms with Crippen molar-refractivity contribution in [3.8, 4) is 0 Å². The first-order valence-electron chi connectivity index (χ1n) is 7.50. The molecule has 2 N–H and O–H groups in total. The van der Waals surface area contributed by atoms with E-state index < -0.39 is 0 Å². The number of nitrogens with zero attached hydrogens (tertiary/aromatic N) is 1. The molecule has 2 aromatic carbocycles. The van der Waals surface area contributed by atoms with Crippen LogP contribution in [0.2, 0.25) is 0 Å². The number of para-hydroxylation sites is 2. The topological polar surface area (TPSA) is 57.8 Å². The molecule has 0 radical (unpaired) electrons. The fourth-order valence-electron chi connectivity index (χ4n) is 2.49. The summed E-state index contributed by atoms with van der Waals surface area (Å²) in [5, 5.41) is 3.02. The number of amides is 1. The Morgan fingerprint density at radius 2 is 1.86 bits per heavy atom. The van der Waals surface area contributed by atoms with Gasteiger partial charge in [-0.2, -0.15) is 0 Å². The van der Waals surface area contributed by atoms with Crippen LogP contribution in [-0.2, 0) is 11.2 Å². The van der Waals surface area contributed by atoms with Crippen LogP contribution in [0.5, 0.6) is 0 Å². The Bertz CT molecular complexity index is 731. The first-order valence-corrected chi connectivity index (χ1v) is 7.50. The number of rotatable bonds is 5. The van der Waals surface area contributed by atoms with Crippen LogP contribution >= 0.6 is 0 Å². The van der Waals surface area contributed by atoms with Gasteiger partial charge in [-0.05, 0) is 24.6 Å². The van der Waals surface area contributed by atoms with Crippen LogP contribution in [0.15, 0.2) is 54.6 Å². The molecule has 0 spiro atoms. The van der Waals surface area contributed by atoms with E-state index in [9.17, 15) is 4.79 Å². The van der Waals surface area contributed by atoms with E-state index in [1.54, 1.807) is 0 Å². The maximum atomic E-state index is 12.1. The van der Waals surface area contributed by atoms with Crippen LogP contribution in [-0.4, -0.2) is 15.9 Å².